The van der Waals surface area contributed by atoms with E-state index in [1.54, 1.807) is 24.3 Å². The van der Waals surface area contributed by atoms with Gasteiger partial charge in [0.05, 0.1) is 5.39 Å². The van der Waals surface area contributed by atoms with Crippen molar-refractivity contribution in [3.63, 3.8) is 0 Å². The fourth-order valence-corrected chi connectivity index (χ4v) is 2.12. The van der Waals surface area contributed by atoms with Gasteiger partial charge in [-0.2, -0.15) is 0 Å². The van der Waals surface area contributed by atoms with Crippen LogP contribution in [-0.2, 0) is 4.79 Å². The first-order chi connectivity index (χ1) is 10.1. The Labute approximate surface area is 118 Å². The minimum atomic E-state index is -0.644. The van der Waals surface area contributed by atoms with E-state index in [2.05, 4.69) is 0 Å². The van der Waals surface area contributed by atoms with Crippen LogP contribution in [0.25, 0.3) is 21.9 Å². The first-order valence-corrected chi connectivity index (χ1v) is 6.16. The van der Waals surface area contributed by atoms with Crippen molar-refractivity contribution in [1.29, 1.82) is 0 Å². The molecule has 106 valence electrons. The number of para-hydroxylation sites is 1. The molecule has 0 bridgehead atoms. The van der Waals surface area contributed by atoms with Crippen molar-refractivity contribution in [3.05, 3.63) is 46.6 Å². The maximum Gasteiger partial charge on any atom is 0.255 e. The largest absolute Gasteiger partial charge is 0.507 e. The van der Waals surface area contributed by atoms with E-state index in [-0.39, 0.29) is 34.5 Å². The Hall–Kier alpha value is -3.02. The van der Waals surface area contributed by atoms with Crippen molar-refractivity contribution in [3.8, 4) is 11.5 Å². The molecule has 0 unspecified atom stereocenters. The van der Waals surface area contributed by atoms with E-state index in [9.17, 15) is 14.7 Å². The summed E-state index contributed by atoms with van der Waals surface area (Å²) < 4.78 is 10.7. The summed E-state index contributed by atoms with van der Waals surface area (Å²) in [6.07, 6.45) is 0. The third kappa shape index (κ3) is 2.27. The van der Waals surface area contributed by atoms with Gasteiger partial charge < -0.3 is 20.0 Å². The van der Waals surface area contributed by atoms with Crippen molar-refractivity contribution < 1.29 is 19.1 Å². The topological polar surface area (TPSA) is 103 Å². The molecule has 0 saturated carbocycles. The smallest absolute Gasteiger partial charge is 0.255 e. The van der Waals surface area contributed by atoms with Crippen LogP contribution >= 0.6 is 0 Å². The number of carbonyl (C=O) groups is 1. The fraction of sp³-hybridized carbons (Fsp3) is 0.0667. The Morgan fingerprint density at radius 3 is 2.76 bits per heavy atom. The summed E-state index contributed by atoms with van der Waals surface area (Å²) in [5.74, 6) is -0.724. The molecular weight excluding hydrogens is 274 g/mol. The Bertz CT molecular complexity index is 913. The van der Waals surface area contributed by atoms with Crippen LogP contribution in [0.3, 0.4) is 0 Å². The highest BCUT2D eigenvalue weighted by atomic mass is 16.5. The molecule has 3 aromatic rings. The maximum absolute atomic E-state index is 12.4. The van der Waals surface area contributed by atoms with Gasteiger partial charge in [0.2, 0.25) is 5.43 Å². The van der Waals surface area contributed by atoms with Crippen LogP contribution in [0.1, 0.15) is 0 Å². The van der Waals surface area contributed by atoms with Crippen molar-refractivity contribution in [1.82, 2.24) is 0 Å². The Kier molecular flexibility index (Phi) is 2.98. The van der Waals surface area contributed by atoms with Gasteiger partial charge in [-0.25, -0.2) is 0 Å². The summed E-state index contributed by atoms with van der Waals surface area (Å²) in [5.41, 5.74) is 5.24. The lowest BCUT2D eigenvalue weighted by molar-refractivity contribution is -0.119. The molecule has 1 amide bonds. The molecule has 21 heavy (non-hydrogen) atoms. The number of phenolic OH excluding ortho intramolecular Hbond substituents is 1. The second-order valence-corrected chi connectivity index (χ2v) is 4.50. The van der Waals surface area contributed by atoms with Gasteiger partial charge in [-0.15, -0.1) is 0 Å². The summed E-state index contributed by atoms with van der Waals surface area (Å²) in [4.78, 5) is 23.1. The second kappa shape index (κ2) is 4.82. The fourth-order valence-electron chi connectivity index (χ4n) is 2.12. The lowest BCUT2D eigenvalue weighted by Gasteiger charge is -2.07. The highest BCUT2D eigenvalue weighted by Crippen LogP contribution is 2.30. The monoisotopic (exact) mass is 285 g/mol. The highest BCUT2D eigenvalue weighted by molar-refractivity contribution is 5.93. The number of fused-ring (bicyclic) bond motifs is 2. The molecule has 6 heteroatoms. The number of hydrogen-bond donors (Lipinski definition) is 2. The molecular formula is C15H11NO5. The van der Waals surface area contributed by atoms with Crippen LogP contribution < -0.4 is 15.9 Å². The Morgan fingerprint density at radius 1 is 1.24 bits per heavy atom. The van der Waals surface area contributed by atoms with E-state index in [0.29, 0.717) is 11.0 Å². The molecule has 0 aliphatic carbocycles. The number of primary amides is 1. The number of rotatable bonds is 3. The molecule has 0 saturated heterocycles. The Balaban J connectivity index is 2.25. The van der Waals surface area contributed by atoms with Gasteiger partial charge in [0.1, 0.15) is 28.1 Å². The molecule has 3 rings (SSSR count). The molecule has 1 aromatic heterocycles. The average molecular weight is 285 g/mol. The third-order valence-electron chi connectivity index (χ3n) is 3.01. The number of hydrogen-bond acceptors (Lipinski definition) is 5. The number of benzene rings is 2. The van der Waals surface area contributed by atoms with E-state index in [4.69, 9.17) is 14.9 Å². The molecule has 3 N–H and O–H groups in total. The van der Waals surface area contributed by atoms with Crippen LogP contribution in [0.5, 0.6) is 11.5 Å². The number of nitrogens with two attached hydrogens (primary N) is 1. The highest BCUT2D eigenvalue weighted by Gasteiger charge is 2.13. The summed E-state index contributed by atoms with van der Waals surface area (Å²) in [7, 11) is 0. The van der Waals surface area contributed by atoms with Crippen LogP contribution in [0.2, 0.25) is 0 Å². The van der Waals surface area contributed by atoms with Crippen molar-refractivity contribution in [2.45, 2.75) is 0 Å². The minimum Gasteiger partial charge on any atom is -0.507 e. The van der Waals surface area contributed by atoms with Crippen LogP contribution in [0.4, 0.5) is 0 Å². The van der Waals surface area contributed by atoms with E-state index >= 15 is 0 Å². The normalized spacial score (nSPS) is 10.9. The first kappa shape index (κ1) is 13.0. The molecule has 0 aliphatic rings. The zero-order valence-corrected chi connectivity index (χ0v) is 10.8. The summed E-state index contributed by atoms with van der Waals surface area (Å²) in [6.45, 7) is -0.331. The van der Waals surface area contributed by atoms with Crippen molar-refractivity contribution in [2.75, 3.05) is 6.61 Å². The van der Waals surface area contributed by atoms with E-state index in [1.807, 2.05) is 0 Å². The number of ether oxygens (including phenoxy) is 1. The molecule has 1 heterocycles. The number of amides is 1. The van der Waals surface area contributed by atoms with Gasteiger partial charge in [0, 0.05) is 12.1 Å². The lowest BCUT2D eigenvalue weighted by Crippen LogP contribution is -2.20. The van der Waals surface area contributed by atoms with Crippen molar-refractivity contribution >= 4 is 27.8 Å². The van der Waals surface area contributed by atoms with Gasteiger partial charge in [-0.1, -0.05) is 12.1 Å². The van der Waals surface area contributed by atoms with E-state index in [1.165, 1.54) is 12.1 Å². The molecule has 0 fully saturated rings. The van der Waals surface area contributed by atoms with Gasteiger partial charge in [0.25, 0.3) is 5.91 Å². The molecule has 0 aliphatic heterocycles. The summed E-state index contributed by atoms with van der Waals surface area (Å²) >= 11 is 0. The van der Waals surface area contributed by atoms with Crippen molar-refractivity contribution in [2.24, 2.45) is 5.73 Å². The zero-order valence-electron chi connectivity index (χ0n) is 10.8. The lowest BCUT2D eigenvalue weighted by atomic mass is 10.1. The van der Waals surface area contributed by atoms with E-state index < -0.39 is 5.91 Å². The number of phenols is 1. The van der Waals surface area contributed by atoms with Crippen LogP contribution in [-0.4, -0.2) is 17.6 Å². The minimum absolute atomic E-state index is 0.0696. The van der Waals surface area contributed by atoms with Crippen LogP contribution in [0, 0.1) is 0 Å². The molecule has 0 atom stereocenters. The maximum atomic E-state index is 12.4. The van der Waals surface area contributed by atoms with Gasteiger partial charge in [0.15, 0.2) is 6.61 Å². The first-order valence-electron chi connectivity index (χ1n) is 6.16. The molecule has 2 aromatic carbocycles. The predicted molar refractivity (Wildman–Crippen MR) is 76.3 cm³/mol. The van der Waals surface area contributed by atoms with Gasteiger partial charge in [-0.05, 0) is 12.1 Å². The molecule has 0 spiro atoms. The van der Waals surface area contributed by atoms with Gasteiger partial charge in [-0.3, -0.25) is 9.59 Å². The number of aromatic hydroxyl groups is 1. The quantitative estimate of drug-likeness (QED) is 0.710. The standard InChI is InChI=1S/C15H11NO5/c16-13(18)7-20-8-5-10(17)14-12(6-8)21-11-4-2-1-3-9(11)15(14)19/h1-6,17H,7H2,(H2,16,18). The number of carbonyl (C=O) groups excluding carboxylic acids is 1. The predicted octanol–water partition coefficient (Wildman–Crippen LogP) is 1.52. The molecule has 0 radical (unpaired) electrons. The van der Waals surface area contributed by atoms with E-state index in [0.717, 1.165) is 0 Å². The third-order valence-corrected chi connectivity index (χ3v) is 3.01. The Morgan fingerprint density at radius 2 is 2.00 bits per heavy atom. The van der Waals surface area contributed by atoms with Gasteiger partial charge >= 0.3 is 0 Å². The van der Waals surface area contributed by atoms with Crippen LogP contribution in [0.15, 0.2) is 45.6 Å². The second-order valence-electron chi connectivity index (χ2n) is 4.50. The molecule has 6 nitrogen and oxygen atoms in total. The SMILES string of the molecule is NC(=O)COc1cc(O)c2c(=O)c3ccccc3oc2c1. The summed E-state index contributed by atoms with van der Waals surface area (Å²) in [5, 5.41) is 10.5. The average Bonchev–Trinajstić information content (AvgIpc) is 2.45. The summed E-state index contributed by atoms with van der Waals surface area (Å²) in [6, 6.07) is 9.42. The zero-order chi connectivity index (χ0) is 15.0.